The van der Waals surface area contributed by atoms with Crippen molar-refractivity contribution < 1.29 is 14.3 Å². The molecule has 0 aliphatic carbocycles. The van der Waals surface area contributed by atoms with E-state index in [4.69, 9.17) is 0 Å². The molecule has 1 fully saturated rings. The van der Waals surface area contributed by atoms with Gasteiger partial charge in [-0.1, -0.05) is 18.2 Å². The Hall–Kier alpha value is -3.41. The van der Waals surface area contributed by atoms with Gasteiger partial charge in [0.05, 0.1) is 23.8 Å². The second-order valence-electron chi connectivity index (χ2n) is 7.67. The van der Waals surface area contributed by atoms with Gasteiger partial charge < -0.3 is 14.6 Å². The Labute approximate surface area is 175 Å². The van der Waals surface area contributed by atoms with Gasteiger partial charge in [0.25, 0.3) is 0 Å². The molecule has 1 aromatic heterocycles. The molecule has 0 radical (unpaired) electrons. The summed E-state index contributed by atoms with van der Waals surface area (Å²) in [6.45, 7) is 4.51. The van der Waals surface area contributed by atoms with E-state index in [1.165, 1.54) is 12.1 Å². The van der Waals surface area contributed by atoms with E-state index in [1.807, 2.05) is 43.2 Å². The molecule has 0 bridgehead atoms. The molecule has 1 saturated heterocycles. The van der Waals surface area contributed by atoms with Gasteiger partial charge in [-0.2, -0.15) is 0 Å². The third-order valence-electron chi connectivity index (χ3n) is 5.53. The fourth-order valence-electron chi connectivity index (χ4n) is 3.86. The zero-order valence-corrected chi connectivity index (χ0v) is 17.0. The van der Waals surface area contributed by atoms with Gasteiger partial charge in [-0.3, -0.25) is 4.79 Å². The molecule has 5 nitrogen and oxygen atoms in total. The van der Waals surface area contributed by atoms with Crippen molar-refractivity contribution in [2.45, 2.75) is 32.7 Å². The molecular formula is C24H24FN3O2. The Bertz CT molecular complexity index is 1100. The highest BCUT2D eigenvalue weighted by Crippen LogP contribution is 2.30. The van der Waals surface area contributed by atoms with E-state index < -0.39 is 0 Å². The molecule has 1 aliphatic heterocycles. The van der Waals surface area contributed by atoms with Gasteiger partial charge in [0.15, 0.2) is 0 Å². The molecule has 30 heavy (non-hydrogen) atoms. The number of benzene rings is 2. The first-order valence-electron chi connectivity index (χ1n) is 10.0. The third-order valence-corrected chi connectivity index (χ3v) is 5.53. The van der Waals surface area contributed by atoms with Crippen LogP contribution in [0.15, 0.2) is 60.6 Å². The maximum absolute atomic E-state index is 13.2. The van der Waals surface area contributed by atoms with Gasteiger partial charge in [0.1, 0.15) is 11.6 Å². The van der Waals surface area contributed by atoms with Crippen LogP contribution in [0.1, 0.15) is 42.6 Å². The van der Waals surface area contributed by atoms with Crippen LogP contribution in [0, 0.1) is 12.7 Å². The summed E-state index contributed by atoms with van der Waals surface area (Å²) in [5, 5.41) is 10.5. The van der Waals surface area contributed by atoms with Crippen molar-refractivity contribution in [2.24, 2.45) is 0 Å². The zero-order chi connectivity index (χ0) is 21.3. The zero-order valence-electron chi connectivity index (χ0n) is 17.0. The number of amides is 1. The summed E-state index contributed by atoms with van der Waals surface area (Å²) in [5.41, 5.74) is 3.89. The van der Waals surface area contributed by atoms with Crippen LogP contribution in [0.25, 0.3) is 11.8 Å². The van der Waals surface area contributed by atoms with Crippen LogP contribution in [0.2, 0.25) is 0 Å². The number of carbonyl (C=O) groups is 1. The average Bonchev–Trinajstić information content (AvgIpc) is 3.16. The van der Waals surface area contributed by atoms with Crippen LogP contribution in [0.5, 0.6) is 5.75 Å². The lowest BCUT2D eigenvalue weighted by atomic mass is 9.97. The summed E-state index contributed by atoms with van der Waals surface area (Å²) >= 11 is 0. The van der Waals surface area contributed by atoms with E-state index in [9.17, 15) is 14.3 Å². The normalized spacial score (nSPS) is 16.8. The van der Waals surface area contributed by atoms with E-state index in [0.29, 0.717) is 24.2 Å². The maximum atomic E-state index is 13.2. The standard InChI is InChI=1S/C24H24FN3O2/c1-16-14-27(15-26-16)22-10-5-18(13-23(22)29)12-20-4-3-11-28(24(20)30)17(2)19-6-8-21(25)9-7-19/h5-10,12-15,17,29H,3-4,11H2,1-2H3/b20-12+. The highest BCUT2D eigenvalue weighted by atomic mass is 19.1. The summed E-state index contributed by atoms with van der Waals surface area (Å²) in [6, 6.07) is 11.5. The minimum absolute atomic E-state index is 0.0214. The van der Waals surface area contributed by atoms with Gasteiger partial charge in [-0.15, -0.1) is 0 Å². The number of likely N-dealkylation sites (tertiary alicyclic amines) is 1. The average molecular weight is 405 g/mol. The molecule has 6 heteroatoms. The van der Waals surface area contributed by atoms with E-state index >= 15 is 0 Å². The minimum Gasteiger partial charge on any atom is -0.506 e. The number of phenolic OH excluding ortho intramolecular Hbond substituents is 1. The van der Waals surface area contributed by atoms with Crippen molar-refractivity contribution in [3.05, 3.63) is 83.2 Å². The Morgan fingerprint density at radius 1 is 1.20 bits per heavy atom. The van der Waals surface area contributed by atoms with E-state index in [0.717, 1.165) is 23.2 Å². The lowest BCUT2D eigenvalue weighted by molar-refractivity contribution is -0.130. The third kappa shape index (κ3) is 3.99. The fourth-order valence-corrected chi connectivity index (χ4v) is 3.86. The van der Waals surface area contributed by atoms with Crippen LogP contribution in [0.4, 0.5) is 4.39 Å². The number of carbonyl (C=O) groups excluding carboxylic acids is 1. The fraction of sp³-hybridized carbons (Fsp3) is 0.250. The number of aryl methyl sites for hydroxylation is 1. The summed E-state index contributed by atoms with van der Waals surface area (Å²) < 4.78 is 15.0. The van der Waals surface area contributed by atoms with Crippen molar-refractivity contribution in [1.82, 2.24) is 14.5 Å². The number of rotatable bonds is 4. The molecule has 0 saturated carbocycles. The molecular weight excluding hydrogens is 381 g/mol. The van der Waals surface area contributed by atoms with E-state index in [-0.39, 0.29) is 23.5 Å². The molecule has 1 N–H and O–H groups in total. The summed E-state index contributed by atoms with van der Waals surface area (Å²) in [4.78, 5) is 19.1. The first-order chi connectivity index (χ1) is 14.4. The van der Waals surface area contributed by atoms with Crippen LogP contribution in [-0.2, 0) is 4.79 Å². The number of aromatic hydroxyl groups is 1. The molecule has 1 unspecified atom stereocenters. The quantitative estimate of drug-likeness (QED) is 0.635. The Kier molecular flexibility index (Phi) is 5.40. The first-order valence-corrected chi connectivity index (χ1v) is 10.0. The Morgan fingerprint density at radius 3 is 2.63 bits per heavy atom. The number of phenols is 1. The van der Waals surface area contributed by atoms with E-state index in [1.54, 1.807) is 29.1 Å². The number of halogens is 1. The maximum Gasteiger partial charge on any atom is 0.250 e. The lowest BCUT2D eigenvalue weighted by Gasteiger charge is -2.34. The number of hydrogen-bond acceptors (Lipinski definition) is 3. The Balaban J connectivity index is 1.56. The molecule has 0 spiro atoms. The van der Waals surface area contributed by atoms with Crippen molar-refractivity contribution in [3.8, 4) is 11.4 Å². The Morgan fingerprint density at radius 2 is 1.97 bits per heavy atom. The minimum atomic E-state index is -0.286. The largest absolute Gasteiger partial charge is 0.506 e. The second-order valence-corrected chi connectivity index (χ2v) is 7.67. The van der Waals surface area contributed by atoms with Crippen molar-refractivity contribution in [1.29, 1.82) is 0 Å². The monoisotopic (exact) mass is 405 g/mol. The van der Waals surface area contributed by atoms with Gasteiger partial charge in [0, 0.05) is 18.3 Å². The molecule has 1 amide bonds. The second kappa shape index (κ2) is 8.14. The van der Waals surface area contributed by atoms with Crippen LogP contribution in [0.3, 0.4) is 0 Å². The number of hydrogen-bond donors (Lipinski definition) is 1. The lowest BCUT2D eigenvalue weighted by Crippen LogP contribution is -2.38. The molecule has 4 rings (SSSR count). The SMILES string of the molecule is Cc1cn(-c2ccc(/C=C3\CCCN(C(C)c4ccc(F)cc4)C3=O)cc2O)cn1. The van der Waals surface area contributed by atoms with Crippen LogP contribution < -0.4 is 0 Å². The number of piperidine rings is 1. The smallest absolute Gasteiger partial charge is 0.250 e. The van der Waals surface area contributed by atoms with Gasteiger partial charge in [-0.25, -0.2) is 9.37 Å². The van der Waals surface area contributed by atoms with Crippen molar-refractivity contribution in [3.63, 3.8) is 0 Å². The highest BCUT2D eigenvalue weighted by Gasteiger charge is 2.27. The highest BCUT2D eigenvalue weighted by molar-refractivity contribution is 5.98. The van der Waals surface area contributed by atoms with Crippen LogP contribution in [-0.4, -0.2) is 32.0 Å². The summed E-state index contributed by atoms with van der Waals surface area (Å²) in [6.07, 6.45) is 6.89. The predicted octanol–water partition coefficient (Wildman–Crippen LogP) is 4.79. The predicted molar refractivity (Wildman–Crippen MR) is 114 cm³/mol. The number of imidazole rings is 1. The van der Waals surface area contributed by atoms with Gasteiger partial charge >= 0.3 is 0 Å². The first kappa shape index (κ1) is 19.9. The van der Waals surface area contributed by atoms with Gasteiger partial charge in [-0.05, 0) is 68.2 Å². The topological polar surface area (TPSA) is 58.4 Å². The number of aromatic nitrogens is 2. The summed E-state index contributed by atoms with van der Waals surface area (Å²) in [5.74, 6) is -0.181. The molecule has 1 atom stereocenters. The van der Waals surface area contributed by atoms with Gasteiger partial charge in [0.2, 0.25) is 5.91 Å². The van der Waals surface area contributed by atoms with Crippen molar-refractivity contribution >= 4 is 12.0 Å². The molecule has 2 heterocycles. The molecule has 2 aromatic carbocycles. The molecule has 3 aromatic rings. The molecule has 1 aliphatic rings. The molecule has 154 valence electrons. The number of nitrogens with zero attached hydrogens (tertiary/aromatic N) is 3. The summed E-state index contributed by atoms with van der Waals surface area (Å²) in [7, 11) is 0. The van der Waals surface area contributed by atoms with Crippen molar-refractivity contribution in [2.75, 3.05) is 6.54 Å². The van der Waals surface area contributed by atoms with E-state index in [2.05, 4.69) is 4.98 Å². The van der Waals surface area contributed by atoms with Crippen LogP contribution >= 0.6 is 0 Å².